The molecule has 4 rings (SSSR count). The van der Waals surface area contributed by atoms with E-state index < -0.39 is 0 Å². The van der Waals surface area contributed by atoms with Crippen LogP contribution in [0.25, 0.3) is 11.0 Å². The quantitative estimate of drug-likeness (QED) is 0.796. The zero-order valence-electron chi connectivity index (χ0n) is 14.1. The molecule has 128 valence electrons. The van der Waals surface area contributed by atoms with E-state index in [1.807, 2.05) is 53.4 Å². The van der Waals surface area contributed by atoms with Crippen LogP contribution in [-0.2, 0) is 0 Å². The number of amides is 2. The van der Waals surface area contributed by atoms with Gasteiger partial charge in [-0.1, -0.05) is 24.3 Å². The average molecular weight is 336 g/mol. The number of para-hydroxylation sites is 2. The van der Waals surface area contributed by atoms with Crippen LogP contribution in [-0.4, -0.2) is 34.2 Å². The molecule has 0 aliphatic carbocycles. The maximum absolute atomic E-state index is 12.8. The fraction of sp³-hybridized carbons (Fsp3) is 0.263. The zero-order chi connectivity index (χ0) is 17.2. The third-order valence-electron chi connectivity index (χ3n) is 4.68. The molecule has 0 spiro atoms. The van der Waals surface area contributed by atoms with Crippen molar-refractivity contribution in [3.05, 3.63) is 60.4 Å². The number of nitrogens with one attached hydrogen (secondary N) is 1. The van der Waals surface area contributed by atoms with Crippen molar-refractivity contribution < 1.29 is 9.53 Å². The van der Waals surface area contributed by atoms with Crippen molar-refractivity contribution in [1.82, 2.24) is 14.6 Å². The topological polar surface area (TPSA) is 59.4 Å². The van der Waals surface area contributed by atoms with E-state index in [9.17, 15) is 4.79 Å². The van der Waals surface area contributed by atoms with Gasteiger partial charge in [0.1, 0.15) is 12.1 Å². The zero-order valence-corrected chi connectivity index (χ0v) is 14.1. The molecule has 1 aliphatic rings. The first-order chi connectivity index (χ1) is 12.3. The van der Waals surface area contributed by atoms with E-state index in [-0.39, 0.29) is 12.1 Å². The second-order valence-electron chi connectivity index (χ2n) is 6.14. The largest absolute Gasteiger partial charge is 0.497 e. The number of urea groups is 1. The van der Waals surface area contributed by atoms with E-state index in [1.54, 1.807) is 18.1 Å². The number of likely N-dealkylation sites (tertiary alicyclic amines) is 1. The molecule has 1 saturated heterocycles. The molecule has 6 nitrogen and oxygen atoms in total. The molecule has 0 saturated carbocycles. The van der Waals surface area contributed by atoms with Gasteiger partial charge < -0.3 is 9.64 Å². The normalized spacial score (nSPS) is 17.0. The summed E-state index contributed by atoms with van der Waals surface area (Å²) in [4.78, 5) is 19.0. The second-order valence-corrected chi connectivity index (χ2v) is 6.14. The average Bonchev–Trinajstić information content (AvgIpc) is 3.29. The van der Waals surface area contributed by atoms with Crippen LogP contribution in [0.2, 0.25) is 0 Å². The van der Waals surface area contributed by atoms with E-state index in [2.05, 4.69) is 10.4 Å². The minimum Gasteiger partial charge on any atom is -0.497 e. The first-order valence-corrected chi connectivity index (χ1v) is 8.40. The first kappa shape index (κ1) is 15.5. The van der Waals surface area contributed by atoms with Gasteiger partial charge in [-0.15, -0.1) is 0 Å². The Kier molecular flexibility index (Phi) is 4.01. The van der Waals surface area contributed by atoms with Gasteiger partial charge in [0, 0.05) is 6.54 Å². The SMILES string of the molecule is COc1ccc(C2CCCN2C(=O)Nn2cnc3ccccc32)cc1. The van der Waals surface area contributed by atoms with E-state index in [1.165, 1.54) is 0 Å². The highest BCUT2D eigenvalue weighted by molar-refractivity contribution is 5.85. The highest BCUT2D eigenvalue weighted by Gasteiger charge is 2.30. The fourth-order valence-electron chi connectivity index (χ4n) is 3.40. The van der Waals surface area contributed by atoms with Crippen molar-refractivity contribution in [3.63, 3.8) is 0 Å². The van der Waals surface area contributed by atoms with Crippen LogP contribution in [0.15, 0.2) is 54.9 Å². The highest BCUT2D eigenvalue weighted by atomic mass is 16.5. The molecule has 2 amide bonds. The van der Waals surface area contributed by atoms with Crippen molar-refractivity contribution in [2.45, 2.75) is 18.9 Å². The Bertz CT molecular complexity index is 888. The number of ether oxygens (including phenoxy) is 1. The molecule has 1 aromatic heterocycles. The molecular formula is C19H20N4O2. The number of hydrogen-bond donors (Lipinski definition) is 1. The van der Waals surface area contributed by atoms with Crippen LogP contribution in [0.3, 0.4) is 0 Å². The molecular weight excluding hydrogens is 316 g/mol. The van der Waals surface area contributed by atoms with Crippen LogP contribution < -0.4 is 10.2 Å². The molecule has 1 atom stereocenters. The summed E-state index contributed by atoms with van der Waals surface area (Å²) in [5.74, 6) is 0.822. The van der Waals surface area contributed by atoms with Crippen LogP contribution >= 0.6 is 0 Å². The number of carbonyl (C=O) groups excluding carboxylic acids is 1. The number of hydrogen-bond acceptors (Lipinski definition) is 3. The van der Waals surface area contributed by atoms with Gasteiger partial charge in [0.2, 0.25) is 0 Å². The molecule has 1 aliphatic heterocycles. The second kappa shape index (κ2) is 6.47. The molecule has 6 heteroatoms. The van der Waals surface area contributed by atoms with Gasteiger partial charge in [-0.2, -0.15) is 0 Å². The molecule has 25 heavy (non-hydrogen) atoms. The smallest absolute Gasteiger partial charge is 0.337 e. The highest BCUT2D eigenvalue weighted by Crippen LogP contribution is 2.32. The molecule has 1 unspecified atom stereocenters. The standard InChI is InChI=1S/C19H20N4O2/c1-25-15-10-8-14(9-11-15)17-7-4-12-22(17)19(24)21-23-13-20-16-5-2-3-6-18(16)23/h2-3,5-6,8-11,13,17H,4,7,12H2,1H3,(H,21,24). The van der Waals surface area contributed by atoms with Gasteiger partial charge in [0.15, 0.2) is 0 Å². The number of nitrogens with zero attached hydrogens (tertiary/aromatic N) is 3. The van der Waals surface area contributed by atoms with E-state index in [0.717, 1.165) is 41.7 Å². The Hall–Kier alpha value is -3.02. The lowest BCUT2D eigenvalue weighted by Crippen LogP contribution is -2.38. The Labute approximate surface area is 146 Å². The minimum absolute atomic E-state index is 0.0840. The molecule has 1 N–H and O–H groups in total. The van der Waals surface area contributed by atoms with Gasteiger partial charge in [0.05, 0.1) is 24.2 Å². The number of methoxy groups -OCH3 is 1. The summed E-state index contributed by atoms with van der Waals surface area (Å²) in [6, 6.07) is 15.6. The molecule has 2 heterocycles. The number of imidazole rings is 1. The molecule has 2 aromatic carbocycles. The summed E-state index contributed by atoms with van der Waals surface area (Å²) in [5.41, 5.74) is 5.82. The maximum atomic E-state index is 12.8. The lowest BCUT2D eigenvalue weighted by Gasteiger charge is -2.25. The maximum Gasteiger partial charge on any atom is 0.337 e. The summed E-state index contributed by atoms with van der Waals surface area (Å²) in [7, 11) is 1.65. The van der Waals surface area contributed by atoms with Gasteiger partial charge in [0.25, 0.3) is 0 Å². The van der Waals surface area contributed by atoms with Gasteiger partial charge >= 0.3 is 6.03 Å². The van der Waals surface area contributed by atoms with Crippen LogP contribution in [0.1, 0.15) is 24.4 Å². The third-order valence-corrected chi connectivity index (χ3v) is 4.68. The first-order valence-electron chi connectivity index (χ1n) is 8.40. The molecule has 1 fully saturated rings. The van der Waals surface area contributed by atoms with Gasteiger partial charge in [-0.3, -0.25) is 0 Å². The van der Waals surface area contributed by atoms with Crippen molar-refractivity contribution in [2.75, 3.05) is 19.1 Å². The predicted octanol–water partition coefficient (Wildman–Crippen LogP) is 3.55. The number of rotatable bonds is 3. The van der Waals surface area contributed by atoms with Crippen molar-refractivity contribution in [2.24, 2.45) is 0 Å². The van der Waals surface area contributed by atoms with Gasteiger partial charge in [-0.05, 0) is 42.7 Å². The van der Waals surface area contributed by atoms with Crippen LogP contribution in [0.4, 0.5) is 4.79 Å². The molecule has 0 radical (unpaired) electrons. The van der Waals surface area contributed by atoms with E-state index >= 15 is 0 Å². The van der Waals surface area contributed by atoms with Crippen LogP contribution in [0.5, 0.6) is 5.75 Å². The third kappa shape index (κ3) is 2.91. The number of aromatic nitrogens is 2. The predicted molar refractivity (Wildman–Crippen MR) is 96.2 cm³/mol. The van der Waals surface area contributed by atoms with Crippen molar-refractivity contribution in [1.29, 1.82) is 0 Å². The summed E-state index contributed by atoms with van der Waals surface area (Å²) in [6.45, 7) is 0.745. The van der Waals surface area contributed by atoms with E-state index in [4.69, 9.17) is 4.74 Å². The molecule has 0 bridgehead atoms. The summed E-state index contributed by atoms with van der Waals surface area (Å²) in [5, 5.41) is 0. The number of carbonyl (C=O) groups is 1. The number of fused-ring (bicyclic) bond motifs is 1. The fourth-order valence-corrected chi connectivity index (χ4v) is 3.40. The Morgan fingerprint density at radius 3 is 2.80 bits per heavy atom. The van der Waals surface area contributed by atoms with Crippen molar-refractivity contribution >= 4 is 17.1 Å². The lowest BCUT2D eigenvalue weighted by molar-refractivity contribution is 0.204. The Morgan fingerprint density at radius 1 is 1.20 bits per heavy atom. The van der Waals surface area contributed by atoms with E-state index in [0.29, 0.717) is 0 Å². The van der Waals surface area contributed by atoms with Crippen molar-refractivity contribution in [3.8, 4) is 5.75 Å². The minimum atomic E-state index is -0.110. The Morgan fingerprint density at radius 2 is 2.00 bits per heavy atom. The molecule has 3 aromatic rings. The summed E-state index contributed by atoms with van der Waals surface area (Å²) < 4.78 is 6.90. The Balaban J connectivity index is 1.54. The monoisotopic (exact) mass is 336 g/mol. The summed E-state index contributed by atoms with van der Waals surface area (Å²) >= 11 is 0. The number of benzene rings is 2. The van der Waals surface area contributed by atoms with Gasteiger partial charge in [-0.25, -0.2) is 19.9 Å². The summed E-state index contributed by atoms with van der Waals surface area (Å²) in [6.07, 6.45) is 3.60. The van der Waals surface area contributed by atoms with Crippen LogP contribution in [0, 0.1) is 0 Å². The lowest BCUT2D eigenvalue weighted by atomic mass is 10.0.